The Hall–Kier alpha value is -2.13. The fourth-order valence-electron chi connectivity index (χ4n) is 1.54. The van der Waals surface area contributed by atoms with Crippen molar-refractivity contribution < 1.29 is 14.3 Å². The van der Waals surface area contributed by atoms with Crippen LogP contribution in [0.1, 0.15) is 12.1 Å². The smallest absolute Gasteiger partial charge is 0.384 e. The molecule has 0 amide bonds. The highest BCUT2D eigenvalue weighted by Gasteiger charge is 2.16. The molecule has 1 aliphatic heterocycles. The summed E-state index contributed by atoms with van der Waals surface area (Å²) in [7, 11) is 1.28. The van der Waals surface area contributed by atoms with E-state index < -0.39 is 5.97 Å². The van der Waals surface area contributed by atoms with Gasteiger partial charge in [-0.3, -0.25) is 0 Å². The molecule has 0 aromatic carbocycles. The molecule has 2 rings (SSSR count). The third kappa shape index (κ3) is 3.43. The van der Waals surface area contributed by atoms with E-state index >= 15 is 0 Å². The predicted octanol–water partition coefficient (Wildman–Crippen LogP) is -0.258. The van der Waals surface area contributed by atoms with E-state index in [-0.39, 0.29) is 6.10 Å². The quantitative estimate of drug-likeness (QED) is 0.573. The van der Waals surface area contributed by atoms with Crippen LogP contribution in [0, 0.1) is 11.8 Å². The van der Waals surface area contributed by atoms with Gasteiger partial charge >= 0.3 is 5.97 Å². The molecule has 1 N–H and O–H groups in total. The van der Waals surface area contributed by atoms with Crippen LogP contribution in [0.2, 0.25) is 0 Å². The first-order valence-electron chi connectivity index (χ1n) is 5.57. The van der Waals surface area contributed by atoms with E-state index in [0.29, 0.717) is 11.6 Å². The third-order valence-electron chi connectivity index (χ3n) is 2.42. The second-order valence-corrected chi connectivity index (χ2v) is 3.72. The van der Waals surface area contributed by atoms with Gasteiger partial charge in [0.15, 0.2) is 0 Å². The third-order valence-corrected chi connectivity index (χ3v) is 2.42. The number of carbonyl (C=O) groups is 1. The highest BCUT2D eigenvalue weighted by molar-refractivity contribution is 5.88. The van der Waals surface area contributed by atoms with Gasteiger partial charge in [-0.05, 0) is 18.9 Å². The first-order chi connectivity index (χ1) is 8.78. The second-order valence-electron chi connectivity index (χ2n) is 3.72. The van der Waals surface area contributed by atoms with Crippen molar-refractivity contribution in [3.05, 3.63) is 18.1 Å². The maximum absolute atomic E-state index is 10.9. The van der Waals surface area contributed by atoms with Crippen LogP contribution in [0.4, 0.5) is 0 Å². The Morgan fingerprint density at radius 2 is 2.44 bits per heavy atom. The maximum atomic E-state index is 10.9. The van der Waals surface area contributed by atoms with E-state index in [1.54, 1.807) is 6.07 Å². The number of rotatable bonds is 2. The molecule has 1 atom stereocenters. The van der Waals surface area contributed by atoms with Gasteiger partial charge in [0.1, 0.15) is 18.1 Å². The highest BCUT2D eigenvalue weighted by Crippen LogP contribution is 2.11. The molecular weight excluding hydrogens is 234 g/mol. The van der Waals surface area contributed by atoms with Crippen LogP contribution in [-0.4, -0.2) is 42.2 Å². The first-order valence-corrected chi connectivity index (χ1v) is 5.57. The molecule has 0 saturated carbocycles. The molecule has 1 unspecified atom stereocenters. The van der Waals surface area contributed by atoms with Gasteiger partial charge in [-0.25, -0.2) is 14.8 Å². The average molecular weight is 247 g/mol. The van der Waals surface area contributed by atoms with Crippen LogP contribution in [-0.2, 0) is 9.53 Å². The van der Waals surface area contributed by atoms with E-state index in [1.807, 2.05) is 0 Å². The Morgan fingerprint density at radius 1 is 1.56 bits per heavy atom. The zero-order valence-corrected chi connectivity index (χ0v) is 9.97. The summed E-state index contributed by atoms with van der Waals surface area (Å²) in [5, 5.41) is 3.20. The zero-order valence-electron chi connectivity index (χ0n) is 9.97. The van der Waals surface area contributed by atoms with Crippen molar-refractivity contribution in [3.63, 3.8) is 0 Å². The summed E-state index contributed by atoms with van der Waals surface area (Å²) in [5.74, 6) is 4.75. The maximum Gasteiger partial charge on any atom is 0.384 e. The van der Waals surface area contributed by atoms with E-state index in [1.165, 1.54) is 13.4 Å². The van der Waals surface area contributed by atoms with Crippen LogP contribution in [0.15, 0.2) is 12.4 Å². The molecule has 0 radical (unpaired) electrons. The lowest BCUT2D eigenvalue weighted by molar-refractivity contribution is -0.133. The molecule has 1 aliphatic rings. The largest absolute Gasteiger partial charge is 0.473 e. The second kappa shape index (κ2) is 5.98. The summed E-state index contributed by atoms with van der Waals surface area (Å²) in [4.78, 5) is 18.8. The Balaban J connectivity index is 2.04. The minimum atomic E-state index is -0.601. The van der Waals surface area contributed by atoms with Crippen molar-refractivity contribution in [2.75, 3.05) is 20.2 Å². The minimum Gasteiger partial charge on any atom is -0.473 e. The van der Waals surface area contributed by atoms with E-state index in [0.717, 1.165) is 19.5 Å². The molecule has 1 aromatic heterocycles. The molecule has 18 heavy (non-hydrogen) atoms. The molecule has 1 saturated heterocycles. The van der Waals surface area contributed by atoms with Crippen LogP contribution in [0.25, 0.3) is 0 Å². The molecule has 0 bridgehead atoms. The van der Waals surface area contributed by atoms with E-state index in [9.17, 15) is 4.79 Å². The Labute approximate surface area is 105 Å². The number of aromatic nitrogens is 2. The topological polar surface area (TPSA) is 73.3 Å². The fourth-order valence-corrected chi connectivity index (χ4v) is 1.54. The first kappa shape index (κ1) is 12.3. The van der Waals surface area contributed by atoms with Crippen LogP contribution in [0.5, 0.6) is 5.88 Å². The molecule has 1 fully saturated rings. The summed E-state index contributed by atoms with van der Waals surface area (Å²) in [5.41, 5.74) is 0.427. The molecule has 94 valence electrons. The van der Waals surface area contributed by atoms with E-state index in [2.05, 4.69) is 31.9 Å². The molecule has 0 aliphatic carbocycles. The lowest BCUT2D eigenvalue weighted by atomic mass is 10.3. The monoisotopic (exact) mass is 247 g/mol. The Morgan fingerprint density at radius 3 is 3.17 bits per heavy atom. The summed E-state index contributed by atoms with van der Waals surface area (Å²) in [6.45, 7) is 1.76. The molecular formula is C12H13N3O3. The number of methoxy groups -OCH3 is 1. The predicted molar refractivity (Wildman–Crippen MR) is 62.8 cm³/mol. The number of ether oxygens (including phenoxy) is 2. The number of nitrogens with one attached hydrogen (secondary N) is 1. The minimum absolute atomic E-state index is 0.126. The summed E-state index contributed by atoms with van der Waals surface area (Å²) in [6, 6.07) is 1.61. The average Bonchev–Trinajstić information content (AvgIpc) is 2.89. The number of esters is 1. The summed E-state index contributed by atoms with van der Waals surface area (Å²) < 4.78 is 10.1. The van der Waals surface area contributed by atoms with E-state index in [4.69, 9.17) is 4.74 Å². The lowest BCUT2D eigenvalue weighted by Gasteiger charge is -2.10. The van der Waals surface area contributed by atoms with Gasteiger partial charge in [0, 0.05) is 18.5 Å². The fraction of sp³-hybridized carbons (Fsp3) is 0.417. The van der Waals surface area contributed by atoms with Crippen LogP contribution >= 0.6 is 0 Å². The van der Waals surface area contributed by atoms with Crippen molar-refractivity contribution in [1.29, 1.82) is 0 Å². The lowest BCUT2D eigenvalue weighted by Crippen LogP contribution is -2.20. The standard InChI is InChI=1S/C12H13N3O3/c1-17-12(16)3-2-9-6-11(15-8-14-9)18-10-4-5-13-7-10/h6,8,10,13H,4-5,7H2,1H3. The molecule has 0 spiro atoms. The highest BCUT2D eigenvalue weighted by atomic mass is 16.5. The van der Waals surface area contributed by atoms with Crippen molar-refractivity contribution >= 4 is 5.97 Å². The normalized spacial score (nSPS) is 17.7. The van der Waals surface area contributed by atoms with Crippen LogP contribution in [0.3, 0.4) is 0 Å². The van der Waals surface area contributed by atoms with Crippen molar-refractivity contribution in [1.82, 2.24) is 15.3 Å². The molecule has 2 heterocycles. The Kier molecular flexibility index (Phi) is 4.10. The van der Waals surface area contributed by atoms with Gasteiger partial charge in [0.05, 0.1) is 7.11 Å². The Bertz CT molecular complexity index is 487. The van der Waals surface area contributed by atoms with Gasteiger partial charge in [-0.2, -0.15) is 0 Å². The van der Waals surface area contributed by atoms with Crippen molar-refractivity contribution in [2.45, 2.75) is 12.5 Å². The number of hydrogen-bond donors (Lipinski definition) is 1. The molecule has 1 aromatic rings. The van der Waals surface area contributed by atoms with Crippen molar-refractivity contribution in [3.8, 4) is 17.7 Å². The number of nitrogens with zero attached hydrogens (tertiary/aromatic N) is 2. The van der Waals surface area contributed by atoms with Gasteiger partial charge < -0.3 is 14.8 Å². The van der Waals surface area contributed by atoms with Gasteiger partial charge in [-0.15, -0.1) is 0 Å². The molecule has 6 heteroatoms. The number of carbonyl (C=O) groups excluding carboxylic acids is 1. The summed E-state index contributed by atoms with van der Waals surface area (Å²) in [6.07, 6.45) is 2.44. The summed E-state index contributed by atoms with van der Waals surface area (Å²) >= 11 is 0. The van der Waals surface area contributed by atoms with Gasteiger partial charge in [0.25, 0.3) is 0 Å². The molecule has 6 nitrogen and oxygen atoms in total. The van der Waals surface area contributed by atoms with Crippen LogP contribution < -0.4 is 10.1 Å². The van der Waals surface area contributed by atoms with Gasteiger partial charge in [0.2, 0.25) is 5.88 Å². The SMILES string of the molecule is COC(=O)C#Cc1cc(OC2CCNC2)ncn1. The van der Waals surface area contributed by atoms with Gasteiger partial charge in [-0.1, -0.05) is 0 Å². The number of hydrogen-bond acceptors (Lipinski definition) is 6. The zero-order chi connectivity index (χ0) is 12.8. The van der Waals surface area contributed by atoms with Crippen molar-refractivity contribution in [2.24, 2.45) is 0 Å².